The van der Waals surface area contributed by atoms with E-state index < -0.39 is 0 Å². The predicted octanol–water partition coefficient (Wildman–Crippen LogP) is 3.02. The largest absolute Gasteiger partial charge is 0.493 e. The Bertz CT molecular complexity index is 361. The molecule has 1 saturated carbocycles. The lowest BCUT2D eigenvalue weighted by atomic mass is 9.86. The molecule has 1 aromatic carbocycles. The summed E-state index contributed by atoms with van der Waals surface area (Å²) >= 11 is 0. The summed E-state index contributed by atoms with van der Waals surface area (Å²) in [5.74, 6) is 1.14. The molecule has 0 aromatic heterocycles. The molecule has 0 aliphatic heterocycles. The van der Waals surface area contributed by atoms with Crippen LogP contribution in [0.25, 0.3) is 0 Å². The normalized spacial score (nSPS) is 17.9. The molecule has 0 radical (unpaired) electrons. The van der Waals surface area contributed by atoms with Gasteiger partial charge < -0.3 is 10.5 Å². The van der Waals surface area contributed by atoms with Crippen LogP contribution in [0.2, 0.25) is 0 Å². The first-order valence-corrected chi connectivity index (χ1v) is 5.84. The lowest BCUT2D eigenvalue weighted by Crippen LogP contribution is -2.20. The molecule has 16 heavy (non-hydrogen) atoms. The minimum absolute atomic E-state index is 0.202. The highest BCUT2D eigenvalue weighted by molar-refractivity contribution is 5.36. The molecule has 0 heterocycles. The minimum Gasteiger partial charge on any atom is -0.493 e. The highest BCUT2D eigenvalue weighted by atomic mass is 19.1. The van der Waals surface area contributed by atoms with Crippen molar-refractivity contribution in [2.45, 2.75) is 32.2 Å². The minimum atomic E-state index is -0.261. The number of ether oxygens (including phenoxy) is 1. The average Bonchev–Trinajstić information content (AvgIpc) is 2.17. The van der Waals surface area contributed by atoms with Crippen LogP contribution in [-0.2, 0) is 0 Å². The van der Waals surface area contributed by atoms with Crippen LogP contribution in [0.4, 0.5) is 4.39 Å². The van der Waals surface area contributed by atoms with E-state index in [2.05, 4.69) is 0 Å². The maximum absolute atomic E-state index is 13.1. The van der Waals surface area contributed by atoms with Gasteiger partial charge in [-0.3, -0.25) is 0 Å². The van der Waals surface area contributed by atoms with Gasteiger partial charge in [-0.05, 0) is 43.9 Å². The molecule has 2 rings (SSSR count). The maximum atomic E-state index is 13.1. The van der Waals surface area contributed by atoms with Crippen molar-refractivity contribution >= 4 is 0 Å². The lowest BCUT2D eigenvalue weighted by Gasteiger charge is -2.26. The monoisotopic (exact) mass is 223 g/mol. The molecule has 88 valence electrons. The van der Waals surface area contributed by atoms with E-state index in [4.69, 9.17) is 10.5 Å². The van der Waals surface area contributed by atoms with Crippen LogP contribution < -0.4 is 10.5 Å². The van der Waals surface area contributed by atoms with Gasteiger partial charge in [0.25, 0.3) is 0 Å². The third kappa shape index (κ3) is 2.53. The number of nitrogens with two attached hydrogens (primary N) is 1. The van der Waals surface area contributed by atoms with Crippen LogP contribution in [0, 0.1) is 11.7 Å². The van der Waals surface area contributed by atoms with Gasteiger partial charge in [-0.1, -0.05) is 6.42 Å². The molecule has 0 bridgehead atoms. The van der Waals surface area contributed by atoms with E-state index in [9.17, 15) is 4.39 Å². The van der Waals surface area contributed by atoms with E-state index in [0.29, 0.717) is 5.92 Å². The van der Waals surface area contributed by atoms with Gasteiger partial charge in [-0.15, -0.1) is 0 Å². The zero-order valence-electron chi connectivity index (χ0n) is 9.58. The number of halogens is 1. The molecule has 1 atom stereocenters. The van der Waals surface area contributed by atoms with E-state index in [1.54, 1.807) is 6.07 Å². The smallest absolute Gasteiger partial charge is 0.124 e. The zero-order valence-corrected chi connectivity index (χ0v) is 9.58. The second-order valence-corrected chi connectivity index (χ2v) is 4.58. The van der Waals surface area contributed by atoms with Gasteiger partial charge in [-0.25, -0.2) is 4.39 Å². The standard InChI is InChI=1S/C13H18FNO/c1-9(15)12-7-11(14)5-6-13(12)16-8-10-3-2-4-10/h5-7,9-10H,2-4,8,15H2,1H3/t9-/m0/s1. The first kappa shape index (κ1) is 11.4. The average molecular weight is 223 g/mol. The summed E-state index contributed by atoms with van der Waals surface area (Å²) in [4.78, 5) is 0. The topological polar surface area (TPSA) is 35.2 Å². The Hall–Kier alpha value is -1.09. The number of hydrogen-bond acceptors (Lipinski definition) is 2. The molecule has 1 aromatic rings. The third-order valence-electron chi connectivity index (χ3n) is 3.16. The van der Waals surface area contributed by atoms with Crippen LogP contribution in [0.3, 0.4) is 0 Å². The van der Waals surface area contributed by atoms with Gasteiger partial charge >= 0.3 is 0 Å². The third-order valence-corrected chi connectivity index (χ3v) is 3.16. The van der Waals surface area contributed by atoms with Crippen molar-refractivity contribution in [1.29, 1.82) is 0 Å². The van der Waals surface area contributed by atoms with E-state index in [1.165, 1.54) is 31.4 Å². The van der Waals surface area contributed by atoms with Crippen molar-refractivity contribution in [3.63, 3.8) is 0 Å². The molecular weight excluding hydrogens is 205 g/mol. The predicted molar refractivity (Wildman–Crippen MR) is 61.8 cm³/mol. The van der Waals surface area contributed by atoms with Crippen molar-refractivity contribution in [3.8, 4) is 5.75 Å². The van der Waals surface area contributed by atoms with Crippen molar-refractivity contribution in [1.82, 2.24) is 0 Å². The molecule has 0 spiro atoms. The molecule has 0 amide bonds. The van der Waals surface area contributed by atoms with E-state index in [-0.39, 0.29) is 11.9 Å². The SMILES string of the molecule is C[C@H](N)c1cc(F)ccc1OCC1CCC1. The van der Waals surface area contributed by atoms with Gasteiger partial charge in [0.1, 0.15) is 11.6 Å². The first-order chi connectivity index (χ1) is 7.66. The van der Waals surface area contributed by atoms with Crippen LogP contribution in [-0.4, -0.2) is 6.61 Å². The number of hydrogen-bond donors (Lipinski definition) is 1. The molecule has 1 aliphatic rings. The Kier molecular flexibility index (Phi) is 3.44. The maximum Gasteiger partial charge on any atom is 0.124 e. The summed E-state index contributed by atoms with van der Waals surface area (Å²) in [5.41, 5.74) is 6.54. The van der Waals surface area contributed by atoms with E-state index >= 15 is 0 Å². The van der Waals surface area contributed by atoms with Crippen LogP contribution >= 0.6 is 0 Å². The Balaban J connectivity index is 2.05. The molecule has 3 heteroatoms. The molecule has 2 N–H and O–H groups in total. The number of benzene rings is 1. The van der Waals surface area contributed by atoms with Crippen LogP contribution in [0.5, 0.6) is 5.75 Å². The van der Waals surface area contributed by atoms with Gasteiger partial charge in [0, 0.05) is 11.6 Å². The zero-order chi connectivity index (χ0) is 11.5. The van der Waals surface area contributed by atoms with Crippen molar-refractivity contribution in [2.24, 2.45) is 11.7 Å². The Morgan fingerprint density at radius 2 is 2.25 bits per heavy atom. The summed E-state index contributed by atoms with van der Waals surface area (Å²) in [5, 5.41) is 0. The molecule has 1 aliphatic carbocycles. The first-order valence-electron chi connectivity index (χ1n) is 5.84. The second-order valence-electron chi connectivity index (χ2n) is 4.58. The van der Waals surface area contributed by atoms with Crippen LogP contribution in [0.1, 0.15) is 37.8 Å². The molecule has 0 unspecified atom stereocenters. The second kappa shape index (κ2) is 4.83. The van der Waals surface area contributed by atoms with Crippen molar-refractivity contribution < 1.29 is 9.13 Å². The van der Waals surface area contributed by atoms with E-state index in [1.807, 2.05) is 6.92 Å². The van der Waals surface area contributed by atoms with E-state index in [0.717, 1.165) is 17.9 Å². The highest BCUT2D eigenvalue weighted by Crippen LogP contribution is 2.29. The van der Waals surface area contributed by atoms with Gasteiger partial charge in [0.15, 0.2) is 0 Å². The molecule has 2 nitrogen and oxygen atoms in total. The van der Waals surface area contributed by atoms with Gasteiger partial charge in [0.05, 0.1) is 6.61 Å². The summed E-state index contributed by atoms with van der Waals surface area (Å²) in [7, 11) is 0. The van der Waals surface area contributed by atoms with Crippen LogP contribution in [0.15, 0.2) is 18.2 Å². The van der Waals surface area contributed by atoms with Crippen molar-refractivity contribution in [3.05, 3.63) is 29.6 Å². The molecule has 0 saturated heterocycles. The fourth-order valence-corrected chi connectivity index (χ4v) is 1.87. The Labute approximate surface area is 95.6 Å². The highest BCUT2D eigenvalue weighted by Gasteiger charge is 2.19. The van der Waals surface area contributed by atoms with Gasteiger partial charge in [0.2, 0.25) is 0 Å². The lowest BCUT2D eigenvalue weighted by molar-refractivity contribution is 0.179. The summed E-state index contributed by atoms with van der Waals surface area (Å²) < 4.78 is 18.8. The summed E-state index contributed by atoms with van der Waals surface area (Å²) in [6.07, 6.45) is 3.79. The quantitative estimate of drug-likeness (QED) is 0.851. The van der Waals surface area contributed by atoms with Crippen molar-refractivity contribution in [2.75, 3.05) is 6.61 Å². The fourth-order valence-electron chi connectivity index (χ4n) is 1.87. The number of rotatable bonds is 4. The molecular formula is C13H18FNO. The fraction of sp³-hybridized carbons (Fsp3) is 0.538. The molecule has 1 fully saturated rings. The Morgan fingerprint density at radius 3 is 2.81 bits per heavy atom. The van der Waals surface area contributed by atoms with Gasteiger partial charge in [-0.2, -0.15) is 0 Å². The Morgan fingerprint density at radius 1 is 1.50 bits per heavy atom. The summed E-state index contributed by atoms with van der Waals surface area (Å²) in [6.45, 7) is 2.57. The summed E-state index contributed by atoms with van der Waals surface area (Å²) in [6, 6.07) is 4.35.